The molecule has 1 aliphatic carbocycles. The second kappa shape index (κ2) is 5.13. The third kappa shape index (κ3) is 2.77. The Morgan fingerprint density at radius 3 is 2.84 bits per heavy atom. The summed E-state index contributed by atoms with van der Waals surface area (Å²) >= 11 is 3.31. The van der Waals surface area contributed by atoms with E-state index in [0.29, 0.717) is 21.8 Å². The van der Waals surface area contributed by atoms with Gasteiger partial charge in [0.15, 0.2) is 0 Å². The zero-order valence-corrected chi connectivity index (χ0v) is 12.2. The predicted octanol–water partition coefficient (Wildman–Crippen LogP) is 2.80. The fourth-order valence-corrected chi connectivity index (χ4v) is 3.29. The Morgan fingerprint density at radius 2 is 2.16 bits per heavy atom. The summed E-state index contributed by atoms with van der Waals surface area (Å²) < 4.78 is 0.627. The van der Waals surface area contributed by atoms with Crippen LogP contribution in [-0.2, 0) is 0 Å². The molecule has 102 valence electrons. The predicted molar refractivity (Wildman–Crippen MR) is 77.7 cm³/mol. The van der Waals surface area contributed by atoms with Gasteiger partial charge in [0.1, 0.15) is 0 Å². The van der Waals surface area contributed by atoms with Crippen molar-refractivity contribution >= 4 is 27.6 Å². The summed E-state index contributed by atoms with van der Waals surface area (Å²) in [6, 6.07) is 6.61. The lowest BCUT2D eigenvalue weighted by molar-refractivity contribution is 0.0697. The van der Waals surface area contributed by atoms with Gasteiger partial charge in [-0.2, -0.15) is 0 Å². The molecular weight excluding hydrogens is 308 g/mol. The molecule has 0 bridgehead atoms. The van der Waals surface area contributed by atoms with Crippen molar-refractivity contribution in [3.8, 4) is 0 Å². The highest BCUT2D eigenvalue weighted by Gasteiger charge is 2.34. The average molecular weight is 325 g/mol. The van der Waals surface area contributed by atoms with E-state index in [1.54, 1.807) is 6.07 Å². The molecule has 1 saturated carbocycles. The largest absolute Gasteiger partial charge is 0.478 e. The molecule has 1 aliphatic heterocycles. The molecular formula is C14H17BrN2O2. The molecule has 2 N–H and O–H groups in total. The Kier molecular flexibility index (Phi) is 3.50. The van der Waals surface area contributed by atoms with Gasteiger partial charge in [-0.05, 0) is 47.3 Å². The fourth-order valence-electron chi connectivity index (χ4n) is 2.76. The molecule has 0 aromatic heterocycles. The van der Waals surface area contributed by atoms with E-state index < -0.39 is 5.97 Å². The number of carboxylic acid groups (broad SMARTS) is 1. The summed E-state index contributed by atoms with van der Waals surface area (Å²) in [7, 11) is 0. The third-order valence-corrected chi connectivity index (χ3v) is 4.53. The molecule has 1 aromatic carbocycles. The van der Waals surface area contributed by atoms with Crippen LogP contribution >= 0.6 is 15.9 Å². The van der Waals surface area contributed by atoms with Crippen molar-refractivity contribution in [3.05, 3.63) is 28.2 Å². The molecule has 5 heteroatoms. The van der Waals surface area contributed by atoms with E-state index in [-0.39, 0.29) is 0 Å². The van der Waals surface area contributed by atoms with Crippen LogP contribution in [0.25, 0.3) is 0 Å². The van der Waals surface area contributed by atoms with Crippen LogP contribution < -0.4 is 5.32 Å². The van der Waals surface area contributed by atoms with Crippen molar-refractivity contribution in [2.75, 3.05) is 18.4 Å². The SMILES string of the molecule is O=C(O)c1c(Br)cccc1NC1CCN(C2CC2)C1. The molecule has 0 radical (unpaired) electrons. The van der Waals surface area contributed by atoms with Crippen LogP contribution in [0.5, 0.6) is 0 Å². The molecule has 2 fully saturated rings. The molecule has 0 amide bonds. The van der Waals surface area contributed by atoms with Crippen LogP contribution in [0.1, 0.15) is 29.6 Å². The minimum atomic E-state index is -0.896. The molecule has 1 unspecified atom stereocenters. The molecule has 3 rings (SSSR count). The molecule has 2 aliphatic rings. The highest BCUT2D eigenvalue weighted by molar-refractivity contribution is 9.10. The maximum atomic E-state index is 11.3. The van der Waals surface area contributed by atoms with Crippen molar-refractivity contribution in [3.63, 3.8) is 0 Å². The Bertz CT molecular complexity index is 502. The fraction of sp³-hybridized carbons (Fsp3) is 0.500. The van der Waals surface area contributed by atoms with E-state index in [1.165, 1.54) is 12.8 Å². The lowest BCUT2D eigenvalue weighted by Gasteiger charge is -2.18. The third-order valence-electron chi connectivity index (χ3n) is 3.87. The quantitative estimate of drug-likeness (QED) is 0.894. The Hall–Kier alpha value is -1.07. The molecule has 19 heavy (non-hydrogen) atoms. The van der Waals surface area contributed by atoms with Crippen LogP contribution in [-0.4, -0.2) is 41.1 Å². The van der Waals surface area contributed by atoms with E-state index in [4.69, 9.17) is 0 Å². The highest BCUT2D eigenvalue weighted by atomic mass is 79.9. The van der Waals surface area contributed by atoms with Gasteiger partial charge in [0.2, 0.25) is 0 Å². The number of nitrogens with zero attached hydrogens (tertiary/aromatic N) is 1. The van der Waals surface area contributed by atoms with Crippen LogP contribution in [0.3, 0.4) is 0 Å². The highest BCUT2D eigenvalue weighted by Crippen LogP contribution is 2.32. The minimum absolute atomic E-state index is 0.326. The minimum Gasteiger partial charge on any atom is -0.478 e. The number of carboxylic acids is 1. The van der Waals surface area contributed by atoms with Gasteiger partial charge in [0, 0.05) is 29.6 Å². The van der Waals surface area contributed by atoms with Gasteiger partial charge in [-0.3, -0.25) is 4.90 Å². The average Bonchev–Trinajstić information content (AvgIpc) is 3.10. The summed E-state index contributed by atoms with van der Waals surface area (Å²) in [6.07, 6.45) is 3.73. The van der Waals surface area contributed by atoms with Crippen LogP contribution in [0, 0.1) is 0 Å². The number of likely N-dealkylation sites (tertiary alicyclic amines) is 1. The number of hydrogen-bond acceptors (Lipinski definition) is 3. The summed E-state index contributed by atoms with van der Waals surface area (Å²) in [5.41, 5.74) is 1.04. The van der Waals surface area contributed by atoms with E-state index in [1.807, 2.05) is 12.1 Å². The maximum absolute atomic E-state index is 11.3. The summed E-state index contributed by atoms with van der Waals surface area (Å²) in [4.78, 5) is 13.8. The molecule has 4 nitrogen and oxygen atoms in total. The molecule has 1 atom stereocenters. The Labute approximate surface area is 120 Å². The molecule has 1 heterocycles. The first kappa shape index (κ1) is 12.9. The number of halogens is 1. The van der Waals surface area contributed by atoms with Crippen molar-refractivity contribution in [1.82, 2.24) is 4.90 Å². The van der Waals surface area contributed by atoms with Crippen molar-refractivity contribution < 1.29 is 9.90 Å². The van der Waals surface area contributed by atoms with Crippen LogP contribution in [0.4, 0.5) is 5.69 Å². The summed E-state index contributed by atoms with van der Waals surface area (Å²) in [6.45, 7) is 2.15. The van der Waals surface area contributed by atoms with Gasteiger partial charge < -0.3 is 10.4 Å². The number of anilines is 1. The monoisotopic (exact) mass is 324 g/mol. The van der Waals surface area contributed by atoms with Crippen LogP contribution in [0.15, 0.2) is 22.7 Å². The van der Waals surface area contributed by atoms with Gasteiger partial charge in [-0.15, -0.1) is 0 Å². The van der Waals surface area contributed by atoms with Gasteiger partial charge >= 0.3 is 5.97 Å². The maximum Gasteiger partial charge on any atom is 0.338 e. The first-order chi connectivity index (χ1) is 9.15. The standard InChI is InChI=1S/C14H17BrN2O2/c15-11-2-1-3-12(13(11)14(18)19)16-9-6-7-17(8-9)10-4-5-10/h1-3,9-10,16H,4-8H2,(H,18,19). The lowest BCUT2D eigenvalue weighted by Crippen LogP contribution is -2.28. The second-order valence-corrected chi connectivity index (χ2v) is 6.18. The van der Waals surface area contributed by atoms with Crippen molar-refractivity contribution in [2.24, 2.45) is 0 Å². The number of carbonyl (C=O) groups is 1. The molecule has 1 aromatic rings. The van der Waals surface area contributed by atoms with Crippen molar-refractivity contribution in [1.29, 1.82) is 0 Å². The zero-order valence-electron chi connectivity index (χ0n) is 10.6. The second-order valence-electron chi connectivity index (χ2n) is 5.32. The topological polar surface area (TPSA) is 52.6 Å². The first-order valence-corrected chi connectivity index (χ1v) is 7.47. The number of benzene rings is 1. The van der Waals surface area contributed by atoms with Gasteiger partial charge in [-0.25, -0.2) is 4.79 Å². The van der Waals surface area contributed by atoms with E-state index in [2.05, 4.69) is 26.1 Å². The number of nitrogens with one attached hydrogen (secondary N) is 1. The van der Waals surface area contributed by atoms with E-state index in [0.717, 1.165) is 25.6 Å². The zero-order chi connectivity index (χ0) is 13.4. The summed E-state index contributed by atoms with van der Waals surface area (Å²) in [5.74, 6) is -0.896. The normalized spacial score (nSPS) is 23.5. The first-order valence-electron chi connectivity index (χ1n) is 6.67. The van der Waals surface area contributed by atoms with Gasteiger partial charge in [0.05, 0.1) is 11.3 Å². The number of aromatic carboxylic acids is 1. The van der Waals surface area contributed by atoms with E-state index in [9.17, 15) is 9.90 Å². The summed E-state index contributed by atoms with van der Waals surface area (Å²) in [5, 5.41) is 12.7. The smallest absolute Gasteiger partial charge is 0.338 e. The Balaban J connectivity index is 1.73. The van der Waals surface area contributed by atoms with Crippen molar-refractivity contribution in [2.45, 2.75) is 31.3 Å². The Morgan fingerprint density at radius 1 is 1.37 bits per heavy atom. The van der Waals surface area contributed by atoms with Gasteiger partial charge in [0.25, 0.3) is 0 Å². The lowest BCUT2D eigenvalue weighted by atomic mass is 10.1. The van der Waals surface area contributed by atoms with E-state index >= 15 is 0 Å². The van der Waals surface area contributed by atoms with Gasteiger partial charge in [-0.1, -0.05) is 6.07 Å². The molecule has 0 spiro atoms. The van der Waals surface area contributed by atoms with Crippen LogP contribution in [0.2, 0.25) is 0 Å². The molecule has 1 saturated heterocycles. The number of rotatable bonds is 4. The number of hydrogen-bond donors (Lipinski definition) is 2.